The van der Waals surface area contributed by atoms with Crippen molar-refractivity contribution in [2.24, 2.45) is 17.8 Å². The van der Waals surface area contributed by atoms with Gasteiger partial charge < -0.3 is 10.0 Å². The zero-order valence-electron chi connectivity index (χ0n) is 15.2. The zero-order chi connectivity index (χ0) is 17.0. The van der Waals surface area contributed by atoms with Crippen molar-refractivity contribution in [1.29, 1.82) is 0 Å². The maximum atomic E-state index is 11.9. The Bertz CT molecular complexity index is 522. The quantitative estimate of drug-likeness (QED) is 0.772. The monoisotopic (exact) mass is 327 g/mol. The van der Waals surface area contributed by atoms with Crippen molar-refractivity contribution < 1.29 is 5.11 Å². The van der Waals surface area contributed by atoms with Gasteiger partial charge in [0.2, 0.25) is 0 Å². The van der Waals surface area contributed by atoms with E-state index in [1.165, 1.54) is 32.4 Å². The molecule has 0 bridgehead atoms. The molecule has 4 atom stereocenters. The van der Waals surface area contributed by atoms with Gasteiger partial charge in [-0.25, -0.2) is 0 Å². The summed E-state index contributed by atoms with van der Waals surface area (Å²) in [5, 5.41) is 11.9. The molecule has 1 N–H and O–H groups in total. The van der Waals surface area contributed by atoms with Crippen molar-refractivity contribution in [1.82, 2.24) is 4.90 Å². The van der Waals surface area contributed by atoms with Crippen LogP contribution in [0.4, 0.5) is 0 Å². The molecule has 2 fully saturated rings. The molecule has 2 nitrogen and oxygen atoms in total. The van der Waals surface area contributed by atoms with Crippen LogP contribution in [0.25, 0.3) is 0 Å². The third-order valence-electron chi connectivity index (χ3n) is 6.30. The van der Waals surface area contributed by atoms with Crippen molar-refractivity contribution in [3.05, 3.63) is 48.6 Å². The van der Waals surface area contributed by atoms with Crippen molar-refractivity contribution in [2.75, 3.05) is 19.6 Å². The molecule has 1 aliphatic heterocycles. The number of rotatable bonds is 6. The number of hydrogen-bond acceptors (Lipinski definition) is 2. The van der Waals surface area contributed by atoms with Gasteiger partial charge in [0.15, 0.2) is 0 Å². The predicted octanol–water partition coefficient (Wildman–Crippen LogP) is 4.60. The summed E-state index contributed by atoms with van der Waals surface area (Å²) in [6.07, 6.45) is 9.15. The Balaban J connectivity index is 1.82. The van der Waals surface area contributed by atoms with Crippen LogP contribution in [0.2, 0.25) is 0 Å². The lowest BCUT2D eigenvalue weighted by molar-refractivity contribution is -0.0487. The van der Waals surface area contributed by atoms with Crippen LogP contribution in [0, 0.1) is 17.8 Å². The highest BCUT2D eigenvalue weighted by Gasteiger charge is 2.45. The lowest BCUT2D eigenvalue weighted by Crippen LogP contribution is -2.41. The molecular weight excluding hydrogens is 294 g/mol. The summed E-state index contributed by atoms with van der Waals surface area (Å²) in [5.74, 6) is 1.38. The lowest BCUT2D eigenvalue weighted by atomic mass is 9.73. The molecule has 1 unspecified atom stereocenters. The number of hydrogen-bond donors (Lipinski definition) is 1. The molecule has 0 radical (unpaired) electrons. The predicted molar refractivity (Wildman–Crippen MR) is 101 cm³/mol. The summed E-state index contributed by atoms with van der Waals surface area (Å²) in [6, 6.07) is 10.4. The number of nitrogens with zero attached hydrogens (tertiary/aromatic N) is 1. The second kappa shape index (κ2) is 7.84. The van der Waals surface area contributed by atoms with Gasteiger partial charge in [-0.05, 0) is 68.5 Å². The third-order valence-corrected chi connectivity index (χ3v) is 6.30. The van der Waals surface area contributed by atoms with Crippen molar-refractivity contribution in [2.45, 2.75) is 51.0 Å². The molecule has 2 aliphatic rings. The normalized spacial score (nSPS) is 30.8. The van der Waals surface area contributed by atoms with Crippen LogP contribution in [0.1, 0.15) is 51.0 Å². The van der Waals surface area contributed by atoms with Crippen LogP contribution in [-0.2, 0) is 5.60 Å². The van der Waals surface area contributed by atoms with E-state index in [9.17, 15) is 5.11 Å². The van der Waals surface area contributed by atoms with E-state index in [0.29, 0.717) is 11.8 Å². The second-order valence-corrected chi connectivity index (χ2v) is 8.03. The smallest absolute Gasteiger partial charge is 0.0942 e. The molecule has 3 rings (SSSR count). The second-order valence-electron chi connectivity index (χ2n) is 8.03. The Morgan fingerprint density at radius 3 is 2.54 bits per heavy atom. The highest BCUT2D eigenvalue weighted by molar-refractivity contribution is 5.25. The molecule has 1 saturated carbocycles. The maximum Gasteiger partial charge on any atom is 0.0942 e. The van der Waals surface area contributed by atoms with Crippen molar-refractivity contribution >= 4 is 0 Å². The zero-order valence-corrected chi connectivity index (χ0v) is 15.2. The Labute approximate surface area is 147 Å². The molecule has 0 amide bonds. The molecule has 1 saturated heterocycles. The highest BCUT2D eigenvalue weighted by Crippen LogP contribution is 2.48. The number of allylic oxidation sites excluding steroid dienone is 1. The summed E-state index contributed by atoms with van der Waals surface area (Å²) in [5.41, 5.74) is 0.357. The summed E-state index contributed by atoms with van der Waals surface area (Å²) in [7, 11) is 0. The van der Waals surface area contributed by atoms with Gasteiger partial charge in [-0.3, -0.25) is 0 Å². The fourth-order valence-corrected chi connectivity index (χ4v) is 4.93. The summed E-state index contributed by atoms with van der Waals surface area (Å²) in [4.78, 5) is 2.54. The van der Waals surface area contributed by atoms with Gasteiger partial charge in [0.1, 0.15) is 0 Å². The average Bonchev–Trinajstić information content (AvgIpc) is 3.03. The van der Waals surface area contributed by atoms with Crippen LogP contribution < -0.4 is 0 Å². The lowest BCUT2D eigenvalue weighted by Gasteiger charge is -2.39. The SMILES string of the molecule is C=C[C@H]1CC(C)C[C@H]1[C@](O)(CCN1CCCCC1)c1ccccc1. The first-order chi connectivity index (χ1) is 11.6. The van der Waals surface area contributed by atoms with Gasteiger partial charge >= 0.3 is 0 Å². The average molecular weight is 328 g/mol. The van der Waals surface area contributed by atoms with Gasteiger partial charge in [0.05, 0.1) is 5.60 Å². The molecule has 132 valence electrons. The van der Waals surface area contributed by atoms with Crippen LogP contribution >= 0.6 is 0 Å². The number of likely N-dealkylation sites (tertiary alicyclic amines) is 1. The molecule has 1 aromatic rings. The van der Waals surface area contributed by atoms with E-state index in [-0.39, 0.29) is 5.92 Å². The van der Waals surface area contributed by atoms with Crippen LogP contribution in [0.15, 0.2) is 43.0 Å². The molecular formula is C22H33NO. The van der Waals surface area contributed by atoms with E-state index >= 15 is 0 Å². The first-order valence-corrected chi connectivity index (χ1v) is 9.76. The largest absolute Gasteiger partial charge is 0.385 e. The molecule has 0 spiro atoms. The van der Waals surface area contributed by atoms with E-state index in [2.05, 4.69) is 48.7 Å². The standard InChI is InChI=1S/C22H33NO/c1-3-19-16-18(2)17-21(19)22(24,20-10-6-4-7-11-20)12-15-23-13-8-5-9-14-23/h3-4,6-7,10-11,18-19,21,24H,1,5,8-9,12-17H2,2H3/t18?,19-,21+,22-/m0/s1. The minimum atomic E-state index is -0.734. The number of benzene rings is 1. The Morgan fingerprint density at radius 1 is 1.17 bits per heavy atom. The van der Waals surface area contributed by atoms with Gasteiger partial charge in [0, 0.05) is 6.54 Å². The minimum Gasteiger partial charge on any atom is -0.385 e. The molecule has 2 heteroatoms. The van der Waals surface area contributed by atoms with Crippen molar-refractivity contribution in [3.63, 3.8) is 0 Å². The topological polar surface area (TPSA) is 23.5 Å². The van der Waals surface area contributed by atoms with E-state index in [4.69, 9.17) is 0 Å². The number of piperidine rings is 1. The Hall–Kier alpha value is -1.12. The number of aliphatic hydroxyl groups is 1. The molecule has 0 aromatic heterocycles. The molecule has 24 heavy (non-hydrogen) atoms. The van der Waals surface area contributed by atoms with Gasteiger partial charge in [-0.2, -0.15) is 0 Å². The third kappa shape index (κ3) is 3.75. The van der Waals surface area contributed by atoms with Gasteiger partial charge in [-0.15, -0.1) is 6.58 Å². The van der Waals surface area contributed by atoms with Crippen LogP contribution in [-0.4, -0.2) is 29.6 Å². The van der Waals surface area contributed by atoms with Crippen molar-refractivity contribution in [3.8, 4) is 0 Å². The first-order valence-electron chi connectivity index (χ1n) is 9.76. The highest BCUT2D eigenvalue weighted by atomic mass is 16.3. The molecule has 1 heterocycles. The fraction of sp³-hybridized carbons (Fsp3) is 0.636. The molecule has 1 aliphatic carbocycles. The van der Waals surface area contributed by atoms with Gasteiger partial charge in [0.25, 0.3) is 0 Å². The van der Waals surface area contributed by atoms with E-state index in [1.807, 2.05) is 6.07 Å². The van der Waals surface area contributed by atoms with E-state index in [1.54, 1.807) is 0 Å². The Kier molecular flexibility index (Phi) is 5.78. The summed E-state index contributed by atoms with van der Waals surface area (Å²) < 4.78 is 0. The molecule has 1 aromatic carbocycles. The van der Waals surface area contributed by atoms with Crippen LogP contribution in [0.3, 0.4) is 0 Å². The van der Waals surface area contributed by atoms with E-state index < -0.39 is 5.60 Å². The maximum absolute atomic E-state index is 11.9. The summed E-state index contributed by atoms with van der Waals surface area (Å²) >= 11 is 0. The van der Waals surface area contributed by atoms with Crippen LogP contribution in [0.5, 0.6) is 0 Å². The first kappa shape index (κ1) is 17.7. The van der Waals surface area contributed by atoms with E-state index in [0.717, 1.165) is 31.4 Å². The van der Waals surface area contributed by atoms with Gasteiger partial charge in [-0.1, -0.05) is 49.8 Å². The summed E-state index contributed by atoms with van der Waals surface area (Å²) in [6.45, 7) is 9.76. The fourth-order valence-electron chi connectivity index (χ4n) is 4.93. The minimum absolute atomic E-state index is 0.289. The Morgan fingerprint density at radius 2 is 1.88 bits per heavy atom.